The molecule has 0 bridgehead atoms. The molecule has 0 saturated carbocycles. The molecule has 216 valence electrons. The van der Waals surface area contributed by atoms with E-state index in [0.717, 1.165) is 29.3 Å². The lowest BCUT2D eigenvalue weighted by atomic mass is 9.72. The molecular weight excluding hydrogens is 557 g/mol. The molecule has 1 amide bonds. The highest BCUT2D eigenvalue weighted by Crippen LogP contribution is 2.44. The molecule has 8 nitrogen and oxygen atoms in total. The Labute approximate surface area is 238 Å². The first kappa shape index (κ1) is 28.6. The maximum Gasteiger partial charge on any atom is 0.433 e. The van der Waals surface area contributed by atoms with Gasteiger partial charge in [-0.05, 0) is 66.5 Å². The van der Waals surface area contributed by atoms with Gasteiger partial charge in [0.05, 0.1) is 25.5 Å². The highest BCUT2D eigenvalue weighted by atomic mass is 32.1. The minimum atomic E-state index is -4.77. The Morgan fingerprint density at radius 3 is 2.41 bits per heavy atom. The van der Waals surface area contributed by atoms with Crippen LogP contribution < -0.4 is 10.1 Å². The molecule has 3 aromatic heterocycles. The van der Waals surface area contributed by atoms with Crippen LogP contribution >= 0.6 is 11.3 Å². The van der Waals surface area contributed by atoms with Gasteiger partial charge in [-0.25, -0.2) is 14.3 Å². The van der Waals surface area contributed by atoms with Crippen LogP contribution in [0.1, 0.15) is 64.2 Å². The standard InChI is InChI=1S/C29H29F3N4O4S/c1-28(2,3)16-8-11-18-21(12-16)41-26(24(18)27(38)40-5)34-25(37)20-14-23-33-19(15-6-9-17(39-4)10-7-15)13-22(29(30,31)32)36(23)35-20/h6-7,9-10,13-14,16H,8,11-12H2,1-5H3,(H,34,37)/t16-/m1/s1. The number of alkyl halides is 3. The van der Waals surface area contributed by atoms with Crippen LogP contribution in [0.5, 0.6) is 5.75 Å². The van der Waals surface area contributed by atoms with Gasteiger partial charge in [0.1, 0.15) is 10.8 Å². The molecule has 0 saturated heterocycles. The second-order valence-electron chi connectivity index (χ2n) is 11.0. The lowest BCUT2D eigenvalue weighted by Crippen LogP contribution is -2.26. The molecule has 1 atom stereocenters. The second-order valence-corrected chi connectivity index (χ2v) is 12.1. The number of hydrogen-bond acceptors (Lipinski definition) is 7. The molecule has 1 aliphatic rings. The number of benzene rings is 1. The highest BCUT2D eigenvalue weighted by molar-refractivity contribution is 7.17. The van der Waals surface area contributed by atoms with Gasteiger partial charge in [0.25, 0.3) is 5.91 Å². The van der Waals surface area contributed by atoms with E-state index >= 15 is 0 Å². The van der Waals surface area contributed by atoms with E-state index in [9.17, 15) is 22.8 Å². The number of esters is 1. The summed E-state index contributed by atoms with van der Waals surface area (Å²) in [7, 11) is 2.76. The third-order valence-electron chi connectivity index (χ3n) is 7.44. The normalized spacial score (nSPS) is 15.5. The fraction of sp³-hybridized carbons (Fsp3) is 0.379. The van der Waals surface area contributed by atoms with E-state index in [0.29, 0.717) is 33.2 Å². The predicted octanol–water partition coefficient (Wildman–Crippen LogP) is 6.68. The SMILES string of the molecule is COC(=O)c1c(NC(=O)c2cc3nc(-c4ccc(OC)cc4)cc(C(F)(F)F)n3n2)sc2c1CC[C@@H](C(C)(C)C)C2. The Hall–Kier alpha value is -3.93. The Morgan fingerprint density at radius 2 is 1.80 bits per heavy atom. The van der Waals surface area contributed by atoms with Crippen molar-refractivity contribution in [1.29, 1.82) is 0 Å². The number of carbonyl (C=O) groups is 2. The van der Waals surface area contributed by atoms with E-state index in [1.54, 1.807) is 24.3 Å². The number of fused-ring (bicyclic) bond motifs is 2. The van der Waals surface area contributed by atoms with Gasteiger partial charge >= 0.3 is 12.1 Å². The molecule has 0 fully saturated rings. The Kier molecular flexibility index (Phi) is 7.31. The molecule has 5 rings (SSSR count). The molecular formula is C29H29F3N4O4S. The summed E-state index contributed by atoms with van der Waals surface area (Å²) in [4.78, 5) is 31.4. The number of thiophene rings is 1. The fourth-order valence-corrected chi connectivity index (χ4v) is 6.41. The summed E-state index contributed by atoms with van der Waals surface area (Å²) < 4.78 is 52.9. The number of amides is 1. The largest absolute Gasteiger partial charge is 0.497 e. The minimum Gasteiger partial charge on any atom is -0.497 e. The first-order chi connectivity index (χ1) is 19.3. The number of nitrogens with zero attached hydrogens (tertiary/aromatic N) is 3. The number of halogens is 3. The average molecular weight is 587 g/mol. The van der Waals surface area contributed by atoms with E-state index in [1.165, 1.54) is 31.6 Å². The van der Waals surface area contributed by atoms with Crippen LogP contribution in [0.2, 0.25) is 0 Å². The van der Waals surface area contributed by atoms with E-state index < -0.39 is 23.7 Å². The van der Waals surface area contributed by atoms with Crippen molar-refractivity contribution in [3.63, 3.8) is 0 Å². The number of rotatable bonds is 5. The molecule has 1 aliphatic carbocycles. The molecule has 3 heterocycles. The van der Waals surface area contributed by atoms with Crippen LogP contribution in [0, 0.1) is 11.3 Å². The number of anilines is 1. The van der Waals surface area contributed by atoms with Crippen molar-refractivity contribution in [3.8, 4) is 17.0 Å². The van der Waals surface area contributed by atoms with E-state index in [4.69, 9.17) is 9.47 Å². The van der Waals surface area contributed by atoms with Crippen LogP contribution in [-0.4, -0.2) is 40.7 Å². The summed E-state index contributed by atoms with van der Waals surface area (Å²) >= 11 is 1.29. The van der Waals surface area contributed by atoms with E-state index in [1.807, 2.05) is 0 Å². The molecule has 0 spiro atoms. The molecule has 1 N–H and O–H groups in total. The number of hydrogen-bond donors (Lipinski definition) is 1. The Bertz CT molecular complexity index is 1630. The number of ether oxygens (including phenoxy) is 2. The monoisotopic (exact) mass is 586 g/mol. The van der Waals surface area contributed by atoms with Gasteiger partial charge in [0.2, 0.25) is 0 Å². The van der Waals surface area contributed by atoms with Crippen molar-refractivity contribution in [2.45, 2.75) is 46.2 Å². The summed E-state index contributed by atoms with van der Waals surface area (Å²) in [5.41, 5.74) is 0.194. The summed E-state index contributed by atoms with van der Waals surface area (Å²) in [5.74, 6) is -0.393. The first-order valence-electron chi connectivity index (χ1n) is 13.0. The molecule has 0 radical (unpaired) electrons. The third-order valence-corrected chi connectivity index (χ3v) is 8.61. The van der Waals surface area contributed by atoms with Gasteiger partial charge in [-0.15, -0.1) is 11.3 Å². The summed E-state index contributed by atoms with van der Waals surface area (Å²) in [5, 5.41) is 6.95. The zero-order valence-corrected chi connectivity index (χ0v) is 24.0. The maximum atomic E-state index is 14.1. The van der Waals surface area contributed by atoms with E-state index in [2.05, 4.69) is 36.2 Å². The van der Waals surface area contributed by atoms with Gasteiger partial charge in [0.15, 0.2) is 17.0 Å². The molecule has 1 aromatic carbocycles. The summed E-state index contributed by atoms with van der Waals surface area (Å²) in [6.45, 7) is 6.52. The number of aromatic nitrogens is 3. The van der Waals surface area contributed by atoms with Gasteiger partial charge < -0.3 is 14.8 Å². The van der Waals surface area contributed by atoms with Crippen LogP contribution in [-0.2, 0) is 23.8 Å². The number of nitrogens with one attached hydrogen (secondary N) is 1. The topological polar surface area (TPSA) is 94.8 Å². The van der Waals surface area contributed by atoms with Crippen molar-refractivity contribution in [2.75, 3.05) is 19.5 Å². The average Bonchev–Trinajstić information content (AvgIpc) is 3.52. The zero-order chi connectivity index (χ0) is 29.7. The predicted molar refractivity (Wildman–Crippen MR) is 149 cm³/mol. The third kappa shape index (κ3) is 5.52. The summed E-state index contributed by atoms with van der Waals surface area (Å²) in [6, 6.07) is 8.51. The van der Waals surface area contributed by atoms with Gasteiger partial charge in [-0.3, -0.25) is 4.79 Å². The van der Waals surface area contributed by atoms with Gasteiger partial charge in [0, 0.05) is 16.5 Å². The van der Waals surface area contributed by atoms with Crippen molar-refractivity contribution in [2.24, 2.45) is 11.3 Å². The Morgan fingerprint density at radius 1 is 1.10 bits per heavy atom. The fourth-order valence-electron chi connectivity index (χ4n) is 5.10. The molecule has 0 unspecified atom stereocenters. The van der Waals surface area contributed by atoms with Gasteiger partial charge in [-0.1, -0.05) is 20.8 Å². The molecule has 12 heteroatoms. The van der Waals surface area contributed by atoms with Crippen LogP contribution in [0.15, 0.2) is 36.4 Å². The lowest BCUT2D eigenvalue weighted by Gasteiger charge is -2.33. The van der Waals surface area contributed by atoms with Crippen LogP contribution in [0.4, 0.5) is 18.2 Å². The second kappa shape index (κ2) is 10.5. The quantitative estimate of drug-likeness (QED) is 0.262. The molecule has 41 heavy (non-hydrogen) atoms. The van der Waals surface area contributed by atoms with Crippen molar-refractivity contribution < 1.29 is 32.2 Å². The van der Waals surface area contributed by atoms with Gasteiger partial charge in [-0.2, -0.15) is 18.3 Å². The van der Waals surface area contributed by atoms with Crippen LogP contribution in [0.25, 0.3) is 16.9 Å². The summed E-state index contributed by atoms with van der Waals surface area (Å²) in [6.07, 6.45) is -2.46. The maximum absolute atomic E-state index is 14.1. The first-order valence-corrected chi connectivity index (χ1v) is 13.8. The lowest BCUT2D eigenvalue weighted by molar-refractivity contribution is -0.142. The van der Waals surface area contributed by atoms with Crippen molar-refractivity contribution in [3.05, 3.63) is 63.8 Å². The van der Waals surface area contributed by atoms with Crippen LogP contribution in [0.3, 0.4) is 0 Å². The zero-order valence-electron chi connectivity index (χ0n) is 23.2. The van der Waals surface area contributed by atoms with Crippen molar-refractivity contribution >= 4 is 33.9 Å². The van der Waals surface area contributed by atoms with Crippen molar-refractivity contribution in [1.82, 2.24) is 14.6 Å². The minimum absolute atomic E-state index is 0.0617. The number of carbonyl (C=O) groups excluding carboxylic acids is 2. The smallest absolute Gasteiger partial charge is 0.433 e. The Balaban J connectivity index is 1.52. The van der Waals surface area contributed by atoms with E-state index in [-0.39, 0.29) is 28.0 Å². The number of methoxy groups -OCH3 is 2. The highest BCUT2D eigenvalue weighted by Gasteiger charge is 2.37. The molecule has 0 aliphatic heterocycles. The molecule has 4 aromatic rings.